The van der Waals surface area contributed by atoms with Crippen molar-refractivity contribution in [1.82, 2.24) is 0 Å². The number of aliphatic hydroxyl groups is 2. The summed E-state index contributed by atoms with van der Waals surface area (Å²) in [4.78, 5) is 11.7. The van der Waals surface area contributed by atoms with Crippen LogP contribution in [0.3, 0.4) is 0 Å². The second-order valence-electron chi connectivity index (χ2n) is 9.10. The molecule has 0 bridgehead atoms. The van der Waals surface area contributed by atoms with Crippen LogP contribution in [0.25, 0.3) is 0 Å². The number of fused-ring (bicyclic) bond motifs is 1. The fourth-order valence-corrected chi connectivity index (χ4v) is 4.33. The Morgan fingerprint density at radius 2 is 1.62 bits per heavy atom. The molecule has 8 atom stereocenters. The van der Waals surface area contributed by atoms with E-state index in [1.54, 1.807) is 34.8 Å². The summed E-state index contributed by atoms with van der Waals surface area (Å²) in [5.41, 5.74) is 0. The Kier molecular flexibility index (Phi) is 9.46. The first kappa shape index (κ1) is 27.4. The summed E-state index contributed by atoms with van der Waals surface area (Å²) in [6.07, 6.45) is -2.28. The molecule has 0 amide bonds. The van der Waals surface area contributed by atoms with Crippen LogP contribution in [-0.2, 0) is 38.0 Å². The van der Waals surface area contributed by atoms with Gasteiger partial charge >= 0.3 is 5.97 Å². The first-order valence-corrected chi connectivity index (χ1v) is 11.2. The van der Waals surface area contributed by atoms with Gasteiger partial charge in [-0.25, -0.2) is 4.79 Å². The Morgan fingerprint density at radius 1 is 1.00 bits per heavy atom. The van der Waals surface area contributed by atoms with E-state index >= 15 is 0 Å². The molecule has 0 saturated carbocycles. The van der Waals surface area contributed by atoms with E-state index in [0.29, 0.717) is 12.8 Å². The van der Waals surface area contributed by atoms with Crippen molar-refractivity contribution in [3.63, 3.8) is 0 Å². The van der Waals surface area contributed by atoms with Crippen LogP contribution in [0.1, 0.15) is 54.4 Å². The predicted octanol–water partition coefficient (Wildman–Crippen LogP) is 1.14. The summed E-state index contributed by atoms with van der Waals surface area (Å²) < 4.78 is 38.3. The second-order valence-corrected chi connectivity index (χ2v) is 9.10. The molecule has 3 heterocycles. The summed E-state index contributed by atoms with van der Waals surface area (Å²) in [6.45, 7) is 10.8. The monoisotopic (exact) mass is 464 g/mol. The van der Waals surface area contributed by atoms with Crippen molar-refractivity contribution in [3.8, 4) is 0 Å². The largest absolute Gasteiger partial charge is 0.458 e. The standard InChI is InChI=1S/C11H18O5.C11H22O5/c1-5-6-7(13-4)8-9(10(12)14-6)16-11(2,3)15-8;1-5-7(13)9(14-4)10-8(6-12)15-11(2,3)16-10/h6-9H,5H2,1-4H3;7-10,12-13H,5-6H2,1-4H3/t6-,7-,8+,9+;7-,8-,9-,10-/m00/s1. The topological polar surface area (TPSA) is 122 Å². The van der Waals surface area contributed by atoms with Crippen LogP contribution in [0.15, 0.2) is 0 Å². The molecule has 10 nitrogen and oxygen atoms in total. The lowest BCUT2D eigenvalue weighted by Gasteiger charge is -2.35. The van der Waals surface area contributed by atoms with E-state index < -0.39 is 42.1 Å². The Hall–Kier alpha value is -0.850. The molecule has 3 aliphatic heterocycles. The normalized spacial score (nSPS) is 37.1. The number of carbonyl (C=O) groups is 1. The van der Waals surface area contributed by atoms with Gasteiger partial charge in [0, 0.05) is 14.2 Å². The van der Waals surface area contributed by atoms with Gasteiger partial charge in [-0.3, -0.25) is 0 Å². The molecule has 0 spiro atoms. The van der Waals surface area contributed by atoms with Crippen molar-refractivity contribution in [1.29, 1.82) is 0 Å². The van der Waals surface area contributed by atoms with E-state index in [1.807, 2.05) is 13.8 Å². The highest BCUT2D eigenvalue weighted by Gasteiger charge is 2.55. The molecule has 2 N–H and O–H groups in total. The van der Waals surface area contributed by atoms with Crippen molar-refractivity contribution in [3.05, 3.63) is 0 Å². The highest BCUT2D eigenvalue weighted by atomic mass is 16.8. The van der Waals surface area contributed by atoms with Gasteiger partial charge in [0.25, 0.3) is 0 Å². The van der Waals surface area contributed by atoms with E-state index in [9.17, 15) is 15.0 Å². The Bertz CT molecular complexity index is 610. The third kappa shape index (κ3) is 6.18. The van der Waals surface area contributed by atoms with Gasteiger partial charge in [0.05, 0.1) is 12.7 Å². The molecule has 3 fully saturated rings. The van der Waals surface area contributed by atoms with Gasteiger partial charge in [-0.2, -0.15) is 0 Å². The van der Waals surface area contributed by atoms with Gasteiger partial charge in [0.2, 0.25) is 0 Å². The lowest BCUT2D eigenvalue weighted by molar-refractivity contribution is -0.189. The van der Waals surface area contributed by atoms with Crippen LogP contribution >= 0.6 is 0 Å². The summed E-state index contributed by atoms with van der Waals surface area (Å²) in [5, 5.41) is 19.0. The first-order valence-electron chi connectivity index (χ1n) is 11.2. The maximum Gasteiger partial charge on any atom is 0.338 e. The molecule has 0 aliphatic carbocycles. The van der Waals surface area contributed by atoms with Gasteiger partial charge in [-0.15, -0.1) is 0 Å². The van der Waals surface area contributed by atoms with Crippen LogP contribution in [0.4, 0.5) is 0 Å². The number of rotatable bonds is 7. The summed E-state index contributed by atoms with van der Waals surface area (Å²) >= 11 is 0. The molecule has 3 saturated heterocycles. The fourth-order valence-electron chi connectivity index (χ4n) is 4.33. The van der Waals surface area contributed by atoms with Gasteiger partial charge in [0.15, 0.2) is 17.7 Å². The zero-order valence-corrected chi connectivity index (χ0v) is 20.4. The molecule has 0 aromatic carbocycles. The maximum absolute atomic E-state index is 11.7. The summed E-state index contributed by atoms with van der Waals surface area (Å²) in [5.74, 6) is -1.86. The van der Waals surface area contributed by atoms with E-state index in [-0.39, 0.29) is 30.9 Å². The van der Waals surface area contributed by atoms with E-state index in [0.717, 1.165) is 0 Å². The van der Waals surface area contributed by atoms with Crippen LogP contribution in [0.2, 0.25) is 0 Å². The van der Waals surface area contributed by atoms with E-state index in [1.165, 1.54) is 7.11 Å². The number of aliphatic hydroxyl groups excluding tert-OH is 2. The highest BCUT2D eigenvalue weighted by molar-refractivity contribution is 5.77. The second kappa shape index (κ2) is 11.1. The van der Waals surface area contributed by atoms with Crippen molar-refractivity contribution in [2.75, 3.05) is 20.8 Å². The summed E-state index contributed by atoms with van der Waals surface area (Å²) in [6, 6.07) is 0. The SMILES string of the molecule is CC[C@@H]1OC(=O)[C@@H]2OC(C)(C)O[C@@H]2[C@H]1OC.CC[C@H](O)[C@H](OC)[C@H]1OC(C)(C)O[C@H]1CO. The van der Waals surface area contributed by atoms with Crippen molar-refractivity contribution >= 4 is 5.97 Å². The molecule has 3 aliphatic rings. The van der Waals surface area contributed by atoms with Crippen molar-refractivity contribution in [2.24, 2.45) is 0 Å². The Balaban J connectivity index is 0.000000227. The number of cyclic esters (lactones) is 1. The third-order valence-electron chi connectivity index (χ3n) is 5.79. The Morgan fingerprint density at radius 3 is 2.12 bits per heavy atom. The van der Waals surface area contributed by atoms with Gasteiger partial charge in [0.1, 0.15) is 36.6 Å². The zero-order chi connectivity index (χ0) is 24.3. The quantitative estimate of drug-likeness (QED) is 0.530. The van der Waals surface area contributed by atoms with Gasteiger partial charge in [-0.1, -0.05) is 13.8 Å². The number of carbonyl (C=O) groups excluding carboxylic acids is 1. The van der Waals surface area contributed by atoms with Crippen molar-refractivity contribution < 1.29 is 48.2 Å². The Labute approximate surface area is 190 Å². The molecular weight excluding hydrogens is 424 g/mol. The van der Waals surface area contributed by atoms with Crippen LogP contribution in [-0.4, -0.2) is 97.4 Å². The summed E-state index contributed by atoms with van der Waals surface area (Å²) in [7, 11) is 3.12. The number of hydrogen-bond acceptors (Lipinski definition) is 10. The van der Waals surface area contributed by atoms with Gasteiger partial charge < -0.3 is 43.4 Å². The molecule has 0 aromatic heterocycles. The minimum absolute atomic E-state index is 0.148. The molecular formula is C22H40O10. The number of esters is 1. The van der Waals surface area contributed by atoms with Crippen LogP contribution < -0.4 is 0 Å². The van der Waals surface area contributed by atoms with E-state index in [2.05, 4.69) is 0 Å². The minimum atomic E-state index is -0.756. The molecule has 32 heavy (non-hydrogen) atoms. The third-order valence-corrected chi connectivity index (χ3v) is 5.79. The fraction of sp³-hybridized carbons (Fsp3) is 0.955. The predicted molar refractivity (Wildman–Crippen MR) is 113 cm³/mol. The van der Waals surface area contributed by atoms with Crippen LogP contribution in [0, 0.1) is 0 Å². The molecule has 0 radical (unpaired) electrons. The number of ether oxygens (including phenoxy) is 7. The van der Waals surface area contributed by atoms with Crippen molar-refractivity contribution in [2.45, 2.75) is 115 Å². The minimum Gasteiger partial charge on any atom is -0.458 e. The lowest BCUT2D eigenvalue weighted by Crippen LogP contribution is -2.54. The molecule has 10 heteroatoms. The highest BCUT2D eigenvalue weighted by Crippen LogP contribution is 2.36. The maximum atomic E-state index is 11.7. The number of hydrogen-bond donors (Lipinski definition) is 2. The van der Waals surface area contributed by atoms with E-state index in [4.69, 9.17) is 33.2 Å². The molecule has 3 rings (SSSR count). The average Bonchev–Trinajstić information content (AvgIpc) is 3.23. The molecule has 0 aromatic rings. The van der Waals surface area contributed by atoms with Crippen LogP contribution in [0.5, 0.6) is 0 Å². The smallest absolute Gasteiger partial charge is 0.338 e. The molecule has 0 unspecified atom stereocenters. The molecule has 188 valence electrons. The lowest BCUT2D eigenvalue weighted by atomic mass is 9.98. The average molecular weight is 465 g/mol. The first-order chi connectivity index (χ1) is 14.9. The van der Waals surface area contributed by atoms with Gasteiger partial charge in [-0.05, 0) is 40.5 Å². The number of methoxy groups -OCH3 is 2. The zero-order valence-electron chi connectivity index (χ0n) is 20.4.